The molecule has 4 rings (SSSR count). The third-order valence-corrected chi connectivity index (χ3v) is 6.07. The van der Waals surface area contributed by atoms with Gasteiger partial charge in [-0.25, -0.2) is 8.42 Å². The van der Waals surface area contributed by atoms with Gasteiger partial charge in [0.05, 0.1) is 16.9 Å². The van der Waals surface area contributed by atoms with Gasteiger partial charge in [-0.1, -0.05) is 24.3 Å². The highest BCUT2D eigenvalue weighted by atomic mass is 32.2. The summed E-state index contributed by atoms with van der Waals surface area (Å²) in [6, 6.07) is 16.6. The monoisotopic (exact) mass is 377 g/mol. The van der Waals surface area contributed by atoms with E-state index < -0.39 is 10.0 Å². The molecule has 134 valence electrons. The topological polar surface area (TPSA) is 90.3 Å². The first-order valence-electron chi connectivity index (χ1n) is 8.37. The summed E-state index contributed by atoms with van der Waals surface area (Å²) in [5, 5.41) is 10.6. The Bertz CT molecular complexity index is 1240. The third kappa shape index (κ3) is 2.54. The van der Waals surface area contributed by atoms with Gasteiger partial charge in [0.25, 0.3) is 15.9 Å². The number of rotatable bonds is 4. The highest BCUT2D eigenvalue weighted by molar-refractivity contribution is 7.92. The molecule has 0 atom stereocenters. The van der Waals surface area contributed by atoms with Crippen molar-refractivity contribution in [2.24, 2.45) is 0 Å². The summed E-state index contributed by atoms with van der Waals surface area (Å²) >= 11 is 0. The molecule has 1 heterocycles. The molecule has 0 saturated heterocycles. The smallest absolute Gasteiger partial charge is 0.263 e. The Morgan fingerprint density at radius 3 is 2.59 bits per heavy atom. The predicted octanol–water partition coefficient (Wildman–Crippen LogP) is 3.49. The summed E-state index contributed by atoms with van der Waals surface area (Å²) in [6.07, 6.45) is 0. The lowest BCUT2D eigenvalue weighted by molar-refractivity contribution is 0.0994. The highest BCUT2D eigenvalue weighted by Gasteiger charge is 2.30. The summed E-state index contributed by atoms with van der Waals surface area (Å²) in [7, 11) is -3.96. The van der Waals surface area contributed by atoms with Gasteiger partial charge >= 0.3 is 0 Å². The van der Waals surface area contributed by atoms with Crippen LogP contribution in [0.15, 0.2) is 59.5 Å². The van der Waals surface area contributed by atoms with Crippen molar-refractivity contribution in [1.29, 1.82) is 5.26 Å². The molecule has 27 heavy (non-hydrogen) atoms. The van der Waals surface area contributed by atoms with Crippen LogP contribution in [0.5, 0.6) is 0 Å². The van der Waals surface area contributed by atoms with Crippen LogP contribution >= 0.6 is 0 Å². The van der Waals surface area contributed by atoms with Crippen molar-refractivity contribution < 1.29 is 13.2 Å². The first-order valence-corrected chi connectivity index (χ1v) is 9.86. The van der Waals surface area contributed by atoms with Gasteiger partial charge in [0, 0.05) is 22.9 Å². The zero-order valence-corrected chi connectivity index (χ0v) is 15.2. The van der Waals surface area contributed by atoms with Crippen molar-refractivity contribution in [3.63, 3.8) is 0 Å². The molecule has 7 heteroatoms. The lowest BCUT2D eigenvalue weighted by Gasteiger charge is -2.16. The molecule has 0 fully saturated rings. The van der Waals surface area contributed by atoms with Gasteiger partial charge in [-0.3, -0.25) is 9.52 Å². The van der Waals surface area contributed by atoms with Gasteiger partial charge in [0.1, 0.15) is 11.0 Å². The summed E-state index contributed by atoms with van der Waals surface area (Å²) in [5.74, 6) is -0.0899. The molecule has 6 nitrogen and oxygen atoms in total. The number of sulfonamides is 1. The maximum absolute atomic E-state index is 12.9. The molecule has 3 aromatic carbocycles. The van der Waals surface area contributed by atoms with Crippen molar-refractivity contribution >= 4 is 38.1 Å². The van der Waals surface area contributed by atoms with Crippen LogP contribution in [0.3, 0.4) is 0 Å². The number of nitrogens with zero attached hydrogens (tertiary/aromatic N) is 2. The molecule has 0 aliphatic carbocycles. The Labute approximate surface area is 156 Å². The van der Waals surface area contributed by atoms with E-state index in [0.717, 1.165) is 11.1 Å². The summed E-state index contributed by atoms with van der Waals surface area (Å²) in [6.45, 7) is 2.42. The van der Waals surface area contributed by atoms with E-state index in [9.17, 15) is 18.5 Å². The minimum atomic E-state index is -3.96. The molecule has 1 aliphatic heterocycles. The Morgan fingerprint density at radius 1 is 1.07 bits per heavy atom. The fourth-order valence-corrected chi connectivity index (χ4v) is 4.68. The van der Waals surface area contributed by atoms with Crippen LogP contribution in [-0.4, -0.2) is 20.9 Å². The van der Waals surface area contributed by atoms with Gasteiger partial charge in [-0.15, -0.1) is 0 Å². The number of benzene rings is 3. The average molecular weight is 377 g/mol. The fraction of sp³-hybridized carbons (Fsp3) is 0.100. The summed E-state index contributed by atoms with van der Waals surface area (Å²) in [4.78, 5) is 14.1. The maximum atomic E-state index is 12.9. The van der Waals surface area contributed by atoms with Crippen LogP contribution in [0.4, 0.5) is 11.4 Å². The van der Waals surface area contributed by atoms with Gasteiger partial charge in [0.2, 0.25) is 0 Å². The molecular formula is C20H15N3O3S. The van der Waals surface area contributed by atoms with Crippen molar-refractivity contribution in [3.8, 4) is 6.07 Å². The van der Waals surface area contributed by atoms with Crippen LogP contribution in [0, 0.1) is 11.3 Å². The first-order chi connectivity index (χ1) is 13.0. The van der Waals surface area contributed by atoms with Crippen molar-refractivity contribution in [2.45, 2.75) is 11.8 Å². The van der Waals surface area contributed by atoms with E-state index in [2.05, 4.69) is 4.72 Å². The van der Waals surface area contributed by atoms with Gasteiger partial charge in [-0.05, 0) is 37.3 Å². The SMILES string of the molecule is CCN1C(=O)c2cccc3c(NS(=O)(=O)c4ccccc4C#N)ccc1c23. The second-order valence-corrected chi connectivity index (χ2v) is 7.77. The van der Waals surface area contributed by atoms with Crippen molar-refractivity contribution in [1.82, 2.24) is 0 Å². The van der Waals surface area contributed by atoms with Crippen molar-refractivity contribution in [2.75, 3.05) is 16.2 Å². The zero-order chi connectivity index (χ0) is 19.2. The van der Waals surface area contributed by atoms with Gasteiger partial charge in [-0.2, -0.15) is 5.26 Å². The van der Waals surface area contributed by atoms with E-state index in [1.807, 2.05) is 13.0 Å². The number of nitriles is 1. The normalized spacial score (nSPS) is 13.0. The van der Waals surface area contributed by atoms with E-state index in [1.54, 1.807) is 47.4 Å². The molecule has 0 unspecified atom stereocenters. The second kappa shape index (κ2) is 6.11. The van der Waals surface area contributed by atoms with E-state index in [4.69, 9.17) is 0 Å². The minimum absolute atomic E-state index is 0.0725. The van der Waals surface area contributed by atoms with E-state index in [0.29, 0.717) is 23.2 Å². The molecule has 0 bridgehead atoms. The second-order valence-electron chi connectivity index (χ2n) is 6.12. The van der Waals surface area contributed by atoms with Crippen molar-refractivity contribution in [3.05, 3.63) is 65.7 Å². The Morgan fingerprint density at radius 2 is 1.85 bits per heavy atom. The third-order valence-electron chi connectivity index (χ3n) is 4.64. The molecular weight excluding hydrogens is 362 g/mol. The molecule has 3 aromatic rings. The number of anilines is 2. The van der Waals surface area contributed by atoms with Gasteiger partial charge in [0.15, 0.2) is 0 Å². The quantitative estimate of drug-likeness (QED) is 0.753. The molecule has 0 aromatic heterocycles. The van der Waals surface area contributed by atoms with Crippen LogP contribution in [0.25, 0.3) is 10.8 Å². The molecule has 1 amide bonds. The van der Waals surface area contributed by atoms with Crippen LogP contribution < -0.4 is 9.62 Å². The summed E-state index contributed by atoms with van der Waals surface area (Å²) in [5.41, 5.74) is 1.77. The molecule has 0 spiro atoms. The van der Waals surface area contributed by atoms with E-state index in [-0.39, 0.29) is 16.4 Å². The predicted molar refractivity (Wildman–Crippen MR) is 103 cm³/mol. The van der Waals surface area contributed by atoms with E-state index in [1.165, 1.54) is 12.1 Å². The first kappa shape index (κ1) is 17.1. The molecule has 1 aliphatic rings. The lowest BCUT2D eigenvalue weighted by Crippen LogP contribution is -2.25. The number of nitrogens with one attached hydrogen (secondary N) is 1. The molecule has 1 N–H and O–H groups in total. The van der Waals surface area contributed by atoms with Crippen LogP contribution in [0.1, 0.15) is 22.8 Å². The maximum Gasteiger partial charge on any atom is 0.263 e. The Balaban J connectivity index is 1.87. The number of carbonyl (C=O) groups is 1. The standard InChI is InChI=1S/C20H15N3O3S/c1-2-23-17-11-10-16(14-7-5-8-15(19(14)17)20(23)24)22-27(25,26)18-9-4-3-6-13(18)12-21/h3-11,22H,2H2,1H3. The molecule has 0 radical (unpaired) electrons. The number of amides is 1. The lowest BCUT2D eigenvalue weighted by atomic mass is 10.0. The van der Waals surface area contributed by atoms with Gasteiger partial charge < -0.3 is 4.90 Å². The largest absolute Gasteiger partial charge is 0.308 e. The highest BCUT2D eigenvalue weighted by Crippen LogP contribution is 2.40. The minimum Gasteiger partial charge on any atom is -0.308 e. The fourth-order valence-electron chi connectivity index (χ4n) is 3.44. The van der Waals surface area contributed by atoms with E-state index >= 15 is 0 Å². The van der Waals surface area contributed by atoms with Crippen LogP contribution in [-0.2, 0) is 10.0 Å². The summed E-state index contributed by atoms with van der Waals surface area (Å²) < 4.78 is 28.3. The Hall–Kier alpha value is -3.37. The number of hydrogen-bond donors (Lipinski definition) is 1. The average Bonchev–Trinajstić information content (AvgIpc) is 2.96. The molecule has 0 saturated carbocycles. The van der Waals surface area contributed by atoms with Crippen LogP contribution in [0.2, 0.25) is 0 Å². The zero-order valence-electron chi connectivity index (χ0n) is 14.4. The Kier molecular flexibility index (Phi) is 3.86. The number of carbonyl (C=O) groups excluding carboxylic acids is 1. The number of hydrogen-bond acceptors (Lipinski definition) is 4.